The number of hydrogen-bond donors (Lipinski definition) is 2. The van der Waals surface area contributed by atoms with Crippen LogP contribution in [0.5, 0.6) is 0 Å². The van der Waals surface area contributed by atoms with Gasteiger partial charge in [-0.2, -0.15) is 0 Å². The molecule has 6 nitrogen and oxygen atoms in total. The Bertz CT molecular complexity index is 738. The van der Waals surface area contributed by atoms with E-state index in [9.17, 15) is 9.90 Å². The Morgan fingerprint density at radius 1 is 1.28 bits per heavy atom. The van der Waals surface area contributed by atoms with Crippen molar-refractivity contribution in [1.29, 1.82) is 0 Å². The molecule has 0 radical (unpaired) electrons. The summed E-state index contributed by atoms with van der Waals surface area (Å²) < 4.78 is 5.37. The highest BCUT2D eigenvalue weighted by atomic mass is 16.5. The number of aliphatic hydroxyl groups excluding tert-OH is 1. The van der Waals surface area contributed by atoms with Crippen molar-refractivity contribution in [2.45, 2.75) is 57.1 Å². The lowest BCUT2D eigenvalue weighted by Crippen LogP contribution is -2.48. The predicted molar refractivity (Wildman–Crippen MR) is 91.1 cm³/mol. The maximum absolute atomic E-state index is 12.8. The molecule has 25 heavy (non-hydrogen) atoms. The van der Waals surface area contributed by atoms with E-state index in [-0.39, 0.29) is 24.0 Å². The summed E-state index contributed by atoms with van der Waals surface area (Å²) in [6.07, 6.45) is 9.35. The summed E-state index contributed by atoms with van der Waals surface area (Å²) >= 11 is 0. The van der Waals surface area contributed by atoms with E-state index in [2.05, 4.69) is 15.5 Å². The van der Waals surface area contributed by atoms with Crippen LogP contribution < -0.4 is 5.32 Å². The number of aliphatic hydroxyl groups is 1. The topological polar surface area (TPSA) is 88.2 Å². The van der Waals surface area contributed by atoms with E-state index in [0.717, 1.165) is 61.8 Å². The zero-order valence-corrected chi connectivity index (χ0v) is 14.1. The first-order valence-corrected chi connectivity index (χ1v) is 9.06. The van der Waals surface area contributed by atoms with Crippen LogP contribution in [0.3, 0.4) is 0 Å². The van der Waals surface area contributed by atoms with Crippen molar-refractivity contribution in [1.82, 2.24) is 15.5 Å². The van der Waals surface area contributed by atoms with Crippen LogP contribution in [0.2, 0.25) is 0 Å². The van der Waals surface area contributed by atoms with E-state index < -0.39 is 0 Å². The first-order chi connectivity index (χ1) is 12.2. The Morgan fingerprint density at radius 2 is 2.04 bits per heavy atom. The molecule has 2 aliphatic rings. The fourth-order valence-corrected chi connectivity index (χ4v) is 3.87. The minimum Gasteiger partial charge on any atom is -0.393 e. The quantitative estimate of drug-likeness (QED) is 0.869. The fourth-order valence-electron chi connectivity index (χ4n) is 3.87. The average molecular weight is 341 g/mol. The van der Waals surface area contributed by atoms with Crippen molar-refractivity contribution in [2.75, 3.05) is 0 Å². The summed E-state index contributed by atoms with van der Waals surface area (Å²) in [6, 6.07) is 3.91. The molecule has 1 atom stereocenters. The number of fused-ring (bicyclic) bond motifs is 1. The minimum absolute atomic E-state index is 0.0192. The Hall–Kier alpha value is -2.21. The van der Waals surface area contributed by atoms with Crippen molar-refractivity contribution < 1.29 is 14.4 Å². The van der Waals surface area contributed by atoms with Gasteiger partial charge in [0.15, 0.2) is 5.69 Å². The van der Waals surface area contributed by atoms with Crippen molar-refractivity contribution in [2.24, 2.45) is 5.92 Å². The SMILES string of the molecule is O=C(NC(Cc1ccncc1)C1CC(O)C1)c1noc2c1CCCC2. The molecule has 0 aliphatic heterocycles. The first kappa shape index (κ1) is 16.3. The first-order valence-electron chi connectivity index (χ1n) is 9.06. The van der Waals surface area contributed by atoms with E-state index in [1.54, 1.807) is 12.4 Å². The number of nitrogens with one attached hydrogen (secondary N) is 1. The molecular formula is C19H23N3O3. The number of rotatable bonds is 5. The van der Waals surface area contributed by atoms with Crippen molar-refractivity contribution in [3.63, 3.8) is 0 Å². The molecule has 2 aliphatic carbocycles. The van der Waals surface area contributed by atoms with Crippen molar-refractivity contribution >= 4 is 5.91 Å². The van der Waals surface area contributed by atoms with E-state index in [0.29, 0.717) is 5.69 Å². The molecule has 2 N–H and O–H groups in total. The van der Waals surface area contributed by atoms with Crippen molar-refractivity contribution in [3.05, 3.63) is 47.1 Å². The lowest BCUT2D eigenvalue weighted by Gasteiger charge is -2.38. The number of pyridine rings is 1. The molecule has 132 valence electrons. The van der Waals surface area contributed by atoms with Gasteiger partial charge in [-0.05, 0) is 62.1 Å². The number of nitrogens with zero attached hydrogens (tertiary/aromatic N) is 2. The number of carbonyl (C=O) groups excluding carboxylic acids is 1. The third kappa shape index (κ3) is 3.44. The molecule has 1 unspecified atom stereocenters. The maximum Gasteiger partial charge on any atom is 0.274 e. The zero-order valence-electron chi connectivity index (χ0n) is 14.1. The van der Waals surface area contributed by atoms with Crippen LogP contribution in [0.1, 0.15) is 53.1 Å². The van der Waals surface area contributed by atoms with Gasteiger partial charge in [0.25, 0.3) is 5.91 Å². The summed E-state index contributed by atoms with van der Waals surface area (Å²) in [6.45, 7) is 0. The molecule has 2 heterocycles. The van der Waals surface area contributed by atoms with Gasteiger partial charge in [-0.25, -0.2) is 0 Å². The third-order valence-corrected chi connectivity index (χ3v) is 5.41. The minimum atomic E-state index is -0.248. The lowest BCUT2D eigenvalue weighted by molar-refractivity contribution is 0.0238. The Balaban J connectivity index is 1.50. The van der Waals surface area contributed by atoms with Gasteiger partial charge in [0.05, 0.1) is 6.10 Å². The second-order valence-electron chi connectivity index (χ2n) is 7.16. The van der Waals surface area contributed by atoms with Crippen LogP contribution in [-0.4, -0.2) is 33.3 Å². The molecule has 1 saturated carbocycles. The Morgan fingerprint density at radius 3 is 2.80 bits per heavy atom. The maximum atomic E-state index is 12.8. The molecule has 6 heteroatoms. The van der Waals surface area contributed by atoms with E-state index in [4.69, 9.17) is 4.52 Å². The molecule has 0 bridgehead atoms. The highest BCUT2D eigenvalue weighted by molar-refractivity contribution is 5.94. The van der Waals surface area contributed by atoms with Crippen LogP contribution in [0.25, 0.3) is 0 Å². The van der Waals surface area contributed by atoms with Crippen LogP contribution >= 0.6 is 0 Å². The van der Waals surface area contributed by atoms with E-state index in [1.165, 1.54) is 0 Å². The number of hydrogen-bond acceptors (Lipinski definition) is 5. The average Bonchev–Trinajstić information content (AvgIpc) is 3.03. The fraction of sp³-hybridized carbons (Fsp3) is 0.526. The highest BCUT2D eigenvalue weighted by Gasteiger charge is 2.36. The van der Waals surface area contributed by atoms with E-state index >= 15 is 0 Å². The smallest absolute Gasteiger partial charge is 0.274 e. The zero-order chi connectivity index (χ0) is 17.2. The molecule has 1 fully saturated rings. The molecule has 0 saturated heterocycles. The predicted octanol–water partition coefficient (Wildman–Crippen LogP) is 2.06. The van der Waals surface area contributed by atoms with Gasteiger partial charge in [-0.15, -0.1) is 0 Å². The molecule has 4 rings (SSSR count). The molecule has 2 aromatic heterocycles. The Kier molecular flexibility index (Phi) is 4.53. The van der Waals surface area contributed by atoms with Crippen LogP contribution in [0.4, 0.5) is 0 Å². The molecular weight excluding hydrogens is 318 g/mol. The van der Waals surface area contributed by atoms with Gasteiger partial charge in [-0.3, -0.25) is 9.78 Å². The van der Waals surface area contributed by atoms with Crippen LogP contribution in [-0.2, 0) is 19.3 Å². The van der Waals surface area contributed by atoms with Crippen LogP contribution in [0.15, 0.2) is 29.0 Å². The Labute approximate surface area is 146 Å². The molecule has 0 aromatic carbocycles. The van der Waals surface area contributed by atoms with Gasteiger partial charge in [0.1, 0.15) is 5.76 Å². The van der Waals surface area contributed by atoms with Gasteiger partial charge >= 0.3 is 0 Å². The number of amides is 1. The molecule has 2 aromatic rings. The summed E-state index contributed by atoms with van der Waals surface area (Å²) in [5.41, 5.74) is 2.54. The molecule has 0 spiro atoms. The van der Waals surface area contributed by atoms with E-state index in [1.807, 2.05) is 12.1 Å². The molecule has 1 amide bonds. The largest absolute Gasteiger partial charge is 0.393 e. The van der Waals surface area contributed by atoms with Crippen molar-refractivity contribution in [3.8, 4) is 0 Å². The summed E-state index contributed by atoms with van der Waals surface area (Å²) in [4.78, 5) is 16.8. The van der Waals surface area contributed by atoms with Gasteiger partial charge in [0.2, 0.25) is 0 Å². The lowest BCUT2D eigenvalue weighted by atomic mass is 9.75. The standard InChI is InChI=1S/C19H23N3O3/c23-14-10-13(11-14)16(9-12-5-7-20-8-6-12)21-19(24)18-15-3-1-2-4-17(15)25-22-18/h5-8,13-14,16,23H,1-4,9-11H2,(H,21,24). The summed E-state index contributed by atoms with van der Waals surface area (Å²) in [7, 11) is 0. The monoisotopic (exact) mass is 341 g/mol. The van der Waals surface area contributed by atoms with Gasteiger partial charge in [0, 0.05) is 30.4 Å². The summed E-state index contributed by atoms with van der Waals surface area (Å²) in [5, 5.41) is 16.8. The van der Waals surface area contributed by atoms with Crippen LogP contribution in [0, 0.1) is 5.92 Å². The highest BCUT2D eigenvalue weighted by Crippen LogP contribution is 2.32. The third-order valence-electron chi connectivity index (χ3n) is 5.41. The second kappa shape index (κ2) is 6.96. The number of carbonyl (C=O) groups is 1. The van der Waals surface area contributed by atoms with Gasteiger partial charge < -0.3 is 14.9 Å². The van der Waals surface area contributed by atoms with Gasteiger partial charge in [-0.1, -0.05) is 5.16 Å². The second-order valence-corrected chi connectivity index (χ2v) is 7.16. The number of aryl methyl sites for hydroxylation is 1. The summed E-state index contributed by atoms with van der Waals surface area (Å²) in [5.74, 6) is 0.989. The normalized spacial score (nSPS) is 23.4. The number of aromatic nitrogens is 2.